The lowest BCUT2D eigenvalue weighted by atomic mass is 10.00. The Bertz CT molecular complexity index is 1030. The summed E-state index contributed by atoms with van der Waals surface area (Å²) in [6.07, 6.45) is 30.3. The zero-order valence-corrected chi connectivity index (χ0v) is 25.1. The van der Waals surface area contributed by atoms with Gasteiger partial charge in [-0.05, 0) is 58.1 Å². The maximum absolute atomic E-state index is 11.8. The van der Waals surface area contributed by atoms with Gasteiger partial charge in [0.15, 0.2) is 0 Å². The van der Waals surface area contributed by atoms with Gasteiger partial charge in [-0.15, -0.1) is 6.42 Å². The molecule has 1 atom stereocenters. The lowest BCUT2D eigenvalue weighted by Crippen LogP contribution is -2.50. The Hall–Kier alpha value is -3.30. The van der Waals surface area contributed by atoms with E-state index in [-0.39, 0.29) is 11.9 Å². The second kappa shape index (κ2) is 19.7. The first-order valence-electron chi connectivity index (χ1n) is 14.9. The van der Waals surface area contributed by atoms with Crippen molar-refractivity contribution in [1.29, 1.82) is 0 Å². The van der Waals surface area contributed by atoms with Crippen LogP contribution in [0.4, 0.5) is 0 Å². The van der Waals surface area contributed by atoms with Crippen molar-refractivity contribution in [1.82, 2.24) is 9.80 Å². The second-order valence-electron chi connectivity index (χ2n) is 9.92. The van der Waals surface area contributed by atoms with Gasteiger partial charge in [0, 0.05) is 51.6 Å². The molecule has 0 N–H and O–H groups in total. The Kier molecular flexibility index (Phi) is 16.2. The van der Waals surface area contributed by atoms with Gasteiger partial charge in [0.05, 0.1) is 12.5 Å². The highest BCUT2D eigenvalue weighted by molar-refractivity contribution is 5.89. The molecule has 1 aliphatic heterocycles. The quantitative estimate of drug-likeness (QED) is 0.0439. The largest absolute Gasteiger partial charge is 0.465 e. The fourth-order valence-corrected chi connectivity index (χ4v) is 4.70. The first kappa shape index (κ1) is 32.9. The van der Waals surface area contributed by atoms with Crippen LogP contribution in [0.3, 0.4) is 0 Å². The van der Waals surface area contributed by atoms with Gasteiger partial charge in [0.2, 0.25) is 0 Å². The summed E-state index contributed by atoms with van der Waals surface area (Å²) in [5, 5.41) is 0. The molecule has 0 bridgehead atoms. The van der Waals surface area contributed by atoms with Crippen molar-refractivity contribution in [2.24, 2.45) is 10.9 Å². The lowest BCUT2D eigenvalue weighted by Gasteiger charge is -2.37. The van der Waals surface area contributed by atoms with E-state index in [4.69, 9.17) is 20.9 Å². The summed E-state index contributed by atoms with van der Waals surface area (Å²) in [5.41, 5.74) is 2.11. The minimum absolute atomic E-state index is 0.109. The average molecular weight is 548 g/mol. The lowest BCUT2D eigenvalue weighted by molar-refractivity contribution is -0.142. The van der Waals surface area contributed by atoms with Crippen LogP contribution in [-0.4, -0.2) is 67.5 Å². The molecule has 2 rings (SSSR count). The van der Waals surface area contributed by atoms with Gasteiger partial charge in [-0.25, -0.2) is 0 Å². The number of carbonyl (C=O) groups excluding carboxylic acids is 1. The fourth-order valence-electron chi connectivity index (χ4n) is 4.70. The molecule has 0 radical (unpaired) electrons. The Morgan fingerprint density at radius 2 is 1.98 bits per heavy atom. The van der Waals surface area contributed by atoms with Crippen LogP contribution in [0.25, 0.3) is 0 Å². The van der Waals surface area contributed by atoms with Gasteiger partial charge in [0.1, 0.15) is 5.84 Å². The van der Waals surface area contributed by atoms with Crippen molar-refractivity contribution >= 4 is 11.8 Å². The van der Waals surface area contributed by atoms with Crippen molar-refractivity contribution in [2.45, 2.75) is 66.2 Å². The number of hydrogen-bond donors (Lipinski definition) is 0. The molecule has 6 nitrogen and oxygen atoms in total. The number of rotatable bonds is 15. The third kappa shape index (κ3) is 12.3. The molecule has 0 spiro atoms. The highest BCUT2D eigenvalue weighted by Gasteiger charge is 2.23. The molecule has 40 heavy (non-hydrogen) atoms. The van der Waals surface area contributed by atoms with Crippen LogP contribution in [0, 0.1) is 18.3 Å². The summed E-state index contributed by atoms with van der Waals surface area (Å²) in [6.45, 7) is 13.6. The number of aliphatic imine (C=N–C) groups is 1. The van der Waals surface area contributed by atoms with Crippen LogP contribution in [0.2, 0.25) is 0 Å². The number of allylic oxidation sites excluding steroid dienone is 10. The highest BCUT2D eigenvalue weighted by atomic mass is 16.7. The van der Waals surface area contributed by atoms with E-state index in [0.717, 1.165) is 82.8 Å². The number of ether oxygens (including phenoxy) is 2. The van der Waals surface area contributed by atoms with Gasteiger partial charge >= 0.3 is 5.97 Å². The van der Waals surface area contributed by atoms with E-state index in [1.165, 1.54) is 12.5 Å². The van der Waals surface area contributed by atoms with Crippen molar-refractivity contribution in [3.8, 4) is 12.3 Å². The summed E-state index contributed by atoms with van der Waals surface area (Å²) in [5.74, 6) is 3.76. The maximum Gasteiger partial charge on any atom is 0.310 e. The highest BCUT2D eigenvalue weighted by Crippen LogP contribution is 2.23. The minimum Gasteiger partial charge on any atom is -0.465 e. The first-order valence-corrected chi connectivity index (χ1v) is 14.9. The van der Waals surface area contributed by atoms with E-state index >= 15 is 0 Å². The van der Waals surface area contributed by atoms with Crippen molar-refractivity contribution in [3.05, 3.63) is 71.8 Å². The molecule has 1 saturated heterocycles. The number of terminal acetylenes is 1. The third-order valence-electron chi connectivity index (χ3n) is 6.70. The van der Waals surface area contributed by atoms with E-state index < -0.39 is 0 Å². The fraction of sp³-hybridized carbons (Fsp3) is 0.529. The molecule has 0 aromatic heterocycles. The predicted octanol–water partition coefficient (Wildman–Crippen LogP) is 6.61. The smallest absolute Gasteiger partial charge is 0.310 e. The molecule has 218 valence electrons. The summed E-state index contributed by atoms with van der Waals surface area (Å²) in [6, 6.07) is 0. The molecule has 0 amide bonds. The van der Waals surface area contributed by atoms with E-state index in [2.05, 4.69) is 59.9 Å². The number of amidine groups is 1. The van der Waals surface area contributed by atoms with Crippen LogP contribution in [0.1, 0.15) is 66.2 Å². The molecule has 0 aromatic carbocycles. The molecule has 1 aliphatic carbocycles. The number of esters is 1. The Morgan fingerprint density at radius 1 is 1.18 bits per heavy atom. The number of carbonyl (C=O) groups is 1. The molecule has 1 fully saturated rings. The molecule has 0 saturated carbocycles. The van der Waals surface area contributed by atoms with Gasteiger partial charge < -0.3 is 14.4 Å². The summed E-state index contributed by atoms with van der Waals surface area (Å²) >= 11 is 0. The van der Waals surface area contributed by atoms with Gasteiger partial charge in [-0.3, -0.25) is 14.7 Å². The van der Waals surface area contributed by atoms with Gasteiger partial charge in [-0.1, -0.05) is 67.5 Å². The number of piperazine rings is 1. The zero-order chi connectivity index (χ0) is 29.0. The summed E-state index contributed by atoms with van der Waals surface area (Å²) < 4.78 is 11.5. The third-order valence-corrected chi connectivity index (χ3v) is 6.70. The molecule has 1 unspecified atom stereocenters. The van der Waals surface area contributed by atoms with E-state index in [0.29, 0.717) is 19.0 Å². The van der Waals surface area contributed by atoms with Crippen molar-refractivity contribution in [3.63, 3.8) is 0 Å². The first-order chi connectivity index (χ1) is 19.5. The van der Waals surface area contributed by atoms with Crippen molar-refractivity contribution < 1.29 is 14.3 Å². The Balaban J connectivity index is 1.85. The van der Waals surface area contributed by atoms with Crippen LogP contribution >= 0.6 is 0 Å². The summed E-state index contributed by atoms with van der Waals surface area (Å²) in [4.78, 5) is 21.4. The van der Waals surface area contributed by atoms with E-state index in [1.54, 1.807) is 0 Å². The standard InChI is InChI=1S/C34H49N3O3/c1-6-10-11-15-21-31(8-3)33(35-9-4)37-25-23-36(24-26-37)22-16-17-27-39-34(40-29(5)38)32(18-7-2)28-30-19-13-12-14-20-30/h3,7,10-11,13,15,18-21,31H,6,9,12,14,16-17,22-28H2,1-2,4-5H3/b11-10-,18-7-,21-15-,34-32-,35-33?. The molecular formula is C34H49N3O3. The monoisotopic (exact) mass is 547 g/mol. The zero-order valence-electron chi connectivity index (χ0n) is 25.1. The second-order valence-corrected chi connectivity index (χ2v) is 9.92. The molecule has 0 aromatic rings. The predicted molar refractivity (Wildman–Crippen MR) is 167 cm³/mol. The van der Waals surface area contributed by atoms with Crippen molar-refractivity contribution in [2.75, 3.05) is 45.9 Å². The Labute approximate surface area is 242 Å². The van der Waals surface area contributed by atoms with Gasteiger partial charge in [0.25, 0.3) is 5.95 Å². The topological polar surface area (TPSA) is 54.4 Å². The van der Waals surface area contributed by atoms with Gasteiger partial charge in [-0.2, -0.15) is 0 Å². The van der Waals surface area contributed by atoms with Crippen LogP contribution in [0.15, 0.2) is 76.8 Å². The normalized spacial score (nSPS) is 18.2. The SMILES string of the molecule is C#CC(/C=C\C=C/CC)C(=NCC)N1CCN(CCCCO/C(OC(C)=O)=C(\C=C/C)CC2=CCCC=C2)CC1. The summed E-state index contributed by atoms with van der Waals surface area (Å²) in [7, 11) is 0. The maximum atomic E-state index is 11.8. The van der Waals surface area contributed by atoms with E-state index in [1.807, 2.05) is 31.2 Å². The number of unbranched alkanes of at least 4 members (excludes halogenated alkanes) is 1. The molecule has 1 heterocycles. The Morgan fingerprint density at radius 3 is 2.60 bits per heavy atom. The number of hydrogen-bond acceptors (Lipinski definition) is 5. The average Bonchev–Trinajstić information content (AvgIpc) is 2.96. The molecule has 2 aliphatic rings. The molecule has 6 heteroatoms. The minimum atomic E-state index is -0.367. The van der Waals surface area contributed by atoms with E-state index in [9.17, 15) is 4.79 Å². The van der Waals surface area contributed by atoms with Crippen LogP contribution < -0.4 is 0 Å². The molecular weight excluding hydrogens is 498 g/mol. The van der Waals surface area contributed by atoms with Crippen LogP contribution in [-0.2, 0) is 14.3 Å². The van der Waals surface area contributed by atoms with Crippen LogP contribution in [0.5, 0.6) is 0 Å². The number of nitrogens with zero attached hydrogens (tertiary/aromatic N) is 3.